The van der Waals surface area contributed by atoms with Gasteiger partial charge in [0.1, 0.15) is 11.2 Å². The molecule has 2 aromatic rings. The Kier molecular flexibility index (Phi) is 3.73. The number of halogens is 3. The smallest absolute Gasteiger partial charge is 0.406 e. The number of alkyl halides is 3. The molecule has 128 valence electrons. The van der Waals surface area contributed by atoms with E-state index in [1.807, 2.05) is 0 Å². The maximum Gasteiger partial charge on any atom is 0.573 e. The quantitative estimate of drug-likeness (QED) is 0.859. The van der Waals surface area contributed by atoms with Crippen LogP contribution in [0.3, 0.4) is 0 Å². The van der Waals surface area contributed by atoms with Crippen molar-refractivity contribution in [2.45, 2.75) is 25.1 Å². The molecule has 1 atom stereocenters. The van der Waals surface area contributed by atoms with Gasteiger partial charge >= 0.3 is 6.36 Å². The van der Waals surface area contributed by atoms with Crippen LogP contribution in [0.4, 0.5) is 13.2 Å². The third-order valence-electron chi connectivity index (χ3n) is 4.01. The number of ether oxygens (including phenoxy) is 1. The number of likely N-dealkylation sites (N-methyl/N-ethyl adjacent to an activating group) is 1. The highest BCUT2D eigenvalue weighted by Crippen LogP contribution is 2.35. The summed E-state index contributed by atoms with van der Waals surface area (Å²) < 4.78 is 45.5. The molecule has 6 nitrogen and oxygen atoms in total. The Morgan fingerprint density at radius 2 is 1.96 bits per heavy atom. The lowest BCUT2D eigenvalue weighted by atomic mass is 9.89. The minimum absolute atomic E-state index is 0.105. The number of amides is 1. The summed E-state index contributed by atoms with van der Waals surface area (Å²) in [5.41, 5.74) is -0.416. The normalized spacial score (nSPS) is 21.4. The topological polar surface area (TPSA) is 68.5 Å². The van der Waals surface area contributed by atoms with Crippen molar-refractivity contribution in [2.24, 2.45) is 0 Å². The minimum atomic E-state index is -4.75. The largest absolute Gasteiger partial charge is 0.573 e. The van der Waals surface area contributed by atoms with Gasteiger partial charge in [0.25, 0.3) is 0 Å². The molecule has 1 unspecified atom stereocenters. The molecule has 1 aliphatic heterocycles. The van der Waals surface area contributed by atoms with E-state index in [0.717, 1.165) is 12.1 Å². The summed E-state index contributed by atoms with van der Waals surface area (Å²) in [5.74, 6) is -0.0456. The van der Waals surface area contributed by atoms with E-state index in [4.69, 9.17) is 4.52 Å². The van der Waals surface area contributed by atoms with Gasteiger partial charge in [0, 0.05) is 19.2 Å². The van der Waals surface area contributed by atoms with E-state index < -0.39 is 11.8 Å². The fourth-order valence-corrected chi connectivity index (χ4v) is 2.59. The van der Waals surface area contributed by atoms with Gasteiger partial charge in [-0.3, -0.25) is 4.79 Å². The Morgan fingerprint density at radius 3 is 2.50 bits per heavy atom. The van der Waals surface area contributed by atoms with Crippen LogP contribution in [-0.4, -0.2) is 40.9 Å². The highest BCUT2D eigenvalue weighted by molar-refractivity contribution is 5.88. The zero-order valence-electron chi connectivity index (χ0n) is 12.9. The van der Waals surface area contributed by atoms with Gasteiger partial charge in [0.15, 0.2) is 0 Å². The first-order valence-corrected chi connectivity index (χ1v) is 7.15. The van der Waals surface area contributed by atoms with Gasteiger partial charge in [-0.15, -0.1) is 13.2 Å². The molecule has 0 bridgehead atoms. The maximum absolute atomic E-state index is 12.2. The minimum Gasteiger partial charge on any atom is -0.406 e. The van der Waals surface area contributed by atoms with E-state index in [1.54, 1.807) is 18.9 Å². The third-order valence-corrected chi connectivity index (χ3v) is 4.01. The second kappa shape index (κ2) is 5.50. The van der Waals surface area contributed by atoms with Gasteiger partial charge in [0.2, 0.25) is 17.6 Å². The van der Waals surface area contributed by atoms with Gasteiger partial charge < -0.3 is 14.2 Å². The molecule has 1 saturated heterocycles. The maximum atomic E-state index is 12.2. The highest BCUT2D eigenvalue weighted by atomic mass is 19.4. The summed E-state index contributed by atoms with van der Waals surface area (Å²) in [6, 6.07) is 5.10. The average Bonchev–Trinajstić information content (AvgIpc) is 3.09. The molecule has 1 aromatic carbocycles. The van der Waals surface area contributed by atoms with Crippen LogP contribution in [0.15, 0.2) is 28.8 Å². The molecular formula is C15H14F3N3O3. The Bertz CT molecular complexity index is 757. The number of carbonyl (C=O) groups excluding carboxylic acids is 1. The molecule has 0 spiro atoms. The van der Waals surface area contributed by atoms with E-state index in [9.17, 15) is 18.0 Å². The molecule has 24 heavy (non-hydrogen) atoms. The summed E-state index contributed by atoms with van der Waals surface area (Å²) in [7, 11) is 1.70. The van der Waals surface area contributed by atoms with Crippen LogP contribution in [0.5, 0.6) is 5.75 Å². The number of hydrogen-bond donors (Lipinski definition) is 0. The van der Waals surface area contributed by atoms with E-state index in [2.05, 4.69) is 14.9 Å². The van der Waals surface area contributed by atoms with Crippen LogP contribution < -0.4 is 4.74 Å². The molecule has 0 N–H and O–H groups in total. The average molecular weight is 341 g/mol. The number of likely N-dealkylation sites (tertiary alicyclic amines) is 1. The first-order chi connectivity index (χ1) is 11.2. The second-order valence-electron chi connectivity index (χ2n) is 5.80. The molecule has 0 aliphatic carbocycles. The summed E-state index contributed by atoms with van der Waals surface area (Å²) in [6.07, 6.45) is -4.19. The molecule has 1 aromatic heterocycles. The summed E-state index contributed by atoms with van der Waals surface area (Å²) in [6.45, 7) is 2.33. The predicted molar refractivity (Wildman–Crippen MR) is 76.0 cm³/mol. The number of hydrogen-bond acceptors (Lipinski definition) is 5. The molecular weight excluding hydrogens is 327 g/mol. The Morgan fingerprint density at radius 1 is 1.29 bits per heavy atom. The molecule has 0 radical (unpaired) electrons. The molecule has 1 fully saturated rings. The lowest BCUT2D eigenvalue weighted by molar-refractivity contribution is -0.274. The van der Waals surface area contributed by atoms with Gasteiger partial charge in [-0.1, -0.05) is 5.16 Å². The van der Waals surface area contributed by atoms with Crippen LogP contribution in [0, 0.1) is 0 Å². The number of rotatable bonds is 3. The number of aromatic nitrogens is 2. The van der Waals surface area contributed by atoms with E-state index in [0.29, 0.717) is 18.5 Å². The lowest BCUT2D eigenvalue weighted by Crippen LogP contribution is -2.33. The molecule has 9 heteroatoms. The predicted octanol–water partition coefficient (Wildman–Crippen LogP) is 2.76. The molecule has 1 amide bonds. The molecule has 1 aliphatic rings. The van der Waals surface area contributed by atoms with Crippen LogP contribution in [0.25, 0.3) is 11.4 Å². The van der Waals surface area contributed by atoms with Crippen molar-refractivity contribution in [1.82, 2.24) is 15.0 Å². The van der Waals surface area contributed by atoms with Gasteiger partial charge in [-0.25, -0.2) is 0 Å². The zero-order chi connectivity index (χ0) is 17.5. The standard InChI is InChI=1S/C15H14F3N3O3/c1-14(7-8-21(2)13(14)22)12-19-11(20-24-12)9-3-5-10(6-4-9)23-15(16,17)18/h3-6H,7-8H2,1-2H3. The number of carbonyl (C=O) groups is 1. The van der Waals surface area contributed by atoms with Crippen molar-refractivity contribution in [1.29, 1.82) is 0 Å². The Labute approximate surface area is 135 Å². The van der Waals surface area contributed by atoms with Gasteiger partial charge in [0.05, 0.1) is 0 Å². The lowest BCUT2D eigenvalue weighted by Gasteiger charge is -2.16. The number of benzene rings is 1. The molecule has 2 heterocycles. The van der Waals surface area contributed by atoms with E-state index in [-0.39, 0.29) is 23.4 Å². The van der Waals surface area contributed by atoms with E-state index in [1.165, 1.54) is 12.1 Å². The third kappa shape index (κ3) is 2.93. The van der Waals surface area contributed by atoms with Crippen LogP contribution in [0.1, 0.15) is 19.2 Å². The second-order valence-corrected chi connectivity index (χ2v) is 5.80. The zero-order valence-corrected chi connectivity index (χ0v) is 12.9. The van der Waals surface area contributed by atoms with Gasteiger partial charge in [-0.05, 0) is 37.6 Å². The Balaban J connectivity index is 1.82. The number of nitrogens with zero attached hydrogens (tertiary/aromatic N) is 3. The van der Waals surface area contributed by atoms with Gasteiger partial charge in [-0.2, -0.15) is 4.98 Å². The summed E-state index contributed by atoms with van der Waals surface area (Å²) >= 11 is 0. The van der Waals surface area contributed by atoms with Crippen molar-refractivity contribution >= 4 is 5.91 Å². The molecule has 0 saturated carbocycles. The van der Waals surface area contributed by atoms with Crippen molar-refractivity contribution in [3.05, 3.63) is 30.2 Å². The van der Waals surface area contributed by atoms with Crippen LogP contribution >= 0.6 is 0 Å². The van der Waals surface area contributed by atoms with Crippen molar-refractivity contribution in [2.75, 3.05) is 13.6 Å². The fourth-order valence-electron chi connectivity index (χ4n) is 2.59. The SMILES string of the molecule is CN1CCC(C)(c2nc(-c3ccc(OC(F)(F)F)cc3)no2)C1=O. The van der Waals surface area contributed by atoms with Crippen molar-refractivity contribution in [3.63, 3.8) is 0 Å². The first kappa shape index (κ1) is 16.3. The molecule has 3 rings (SSSR count). The van der Waals surface area contributed by atoms with Crippen LogP contribution in [0.2, 0.25) is 0 Å². The Hall–Kier alpha value is -2.58. The van der Waals surface area contributed by atoms with Crippen molar-refractivity contribution < 1.29 is 27.2 Å². The highest BCUT2D eigenvalue weighted by Gasteiger charge is 2.47. The van der Waals surface area contributed by atoms with Crippen molar-refractivity contribution in [3.8, 4) is 17.1 Å². The summed E-state index contributed by atoms with van der Waals surface area (Å²) in [5, 5.41) is 3.82. The fraction of sp³-hybridized carbons (Fsp3) is 0.400. The monoisotopic (exact) mass is 341 g/mol. The van der Waals surface area contributed by atoms with Crippen LogP contribution in [-0.2, 0) is 10.2 Å². The first-order valence-electron chi connectivity index (χ1n) is 7.15. The summed E-state index contributed by atoms with van der Waals surface area (Å²) in [4.78, 5) is 18.1. The van der Waals surface area contributed by atoms with E-state index >= 15 is 0 Å².